The van der Waals surface area contributed by atoms with Crippen molar-refractivity contribution < 1.29 is 0 Å². The van der Waals surface area contributed by atoms with Gasteiger partial charge in [0.05, 0.1) is 16.7 Å². The summed E-state index contributed by atoms with van der Waals surface area (Å²) in [5, 5.41) is 10.1. The molecule has 0 spiro atoms. The fourth-order valence-corrected chi connectivity index (χ4v) is 10.6. The van der Waals surface area contributed by atoms with Crippen LogP contribution in [0.4, 0.5) is 0 Å². The molecule has 0 atom stereocenters. The quantitative estimate of drug-likeness (QED) is 0.154. The molecule has 58 heavy (non-hydrogen) atoms. The Morgan fingerprint density at radius 3 is 1.43 bits per heavy atom. The van der Waals surface area contributed by atoms with Crippen molar-refractivity contribution in [2.24, 2.45) is 0 Å². The first-order valence-corrected chi connectivity index (χ1v) is 20.7. The summed E-state index contributed by atoms with van der Waals surface area (Å²) in [7, 11) is 0. The molecule has 12 rings (SSSR count). The standard InChI is InChI=1S/C56H35NS/c1-4-16-36(17-5-1)41-30-48(38-20-8-3-9-21-38)55-50(32-41)51-33-42(37-18-6-2-7-19-37)31-49(56(51)58-55)40-28-29-47-46-26-14-15-27-52(46)57(54(47)35-40)53-34-39-22-10-11-23-43(39)44-24-12-13-25-45(44)53/h1-35H. The van der Waals surface area contributed by atoms with E-state index in [1.807, 2.05) is 11.3 Å². The van der Waals surface area contributed by atoms with E-state index in [1.165, 1.54) is 114 Å². The van der Waals surface area contributed by atoms with Crippen LogP contribution in [0.15, 0.2) is 212 Å². The van der Waals surface area contributed by atoms with Gasteiger partial charge in [-0.2, -0.15) is 0 Å². The number of nitrogens with zero attached hydrogens (tertiary/aromatic N) is 1. The Kier molecular flexibility index (Phi) is 7.47. The fourth-order valence-electron chi connectivity index (χ4n) is 9.24. The third kappa shape index (κ3) is 5.16. The smallest absolute Gasteiger partial charge is 0.0547 e. The van der Waals surface area contributed by atoms with E-state index >= 15 is 0 Å². The van der Waals surface area contributed by atoms with Crippen LogP contribution < -0.4 is 0 Å². The van der Waals surface area contributed by atoms with Crippen LogP contribution in [0.25, 0.3) is 114 Å². The third-order valence-electron chi connectivity index (χ3n) is 11.9. The Hall–Kier alpha value is -7.26. The molecule has 0 unspecified atom stereocenters. The summed E-state index contributed by atoms with van der Waals surface area (Å²) in [6.45, 7) is 0. The van der Waals surface area contributed by atoms with Gasteiger partial charge < -0.3 is 4.57 Å². The second kappa shape index (κ2) is 13.2. The van der Waals surface area contributed by atoms with E-state index in [4.69, 9.17) is 0 Å². The van der Waals surface area contributed by atoms with Gasteiger partial charge in [0.1, 0.15) is 0 Å². The number of aromatic nitrogens is 1. The number of thiophene rings is 1. The molecule has 0 saturated heterocycles. The summed E-state index contributed by atoms with van der Waals surface area (Å²) in [5.41, 5.74) is 13.5. The van der Waals surface area contributed by atoms with E-state index in [0.717, 1.165) is 0 Å². The summed E-state index contributed by atoms with van der Waals surface area (Å²) in [6.07, 6.45) is 0. The Balaban J connectivity index is 1.18. The van der Waals surface area contributed by atoms with Crippen LogP contribution in [-0.2, 0) is 0 Å². The van der Waals surface area contributed by atoms with E-state index in [2.05, 4.69) is 217 Å². The molecule has 0 N–H and O–H groups in total. The topological polar surface area (TPSA) is 4.93 Å². The maximum atomic E-state index is 2.51. The Morgan fingerprint density at radius 2 is 0.776 bits per heavy atom. The number of hydrogen-bond acceptors (Lipinski definition) is 1. The molecule has 0 fully saturated rings. The van der Waals surface area contributed by atoms with E-state index < -0.39 is 0 Å². The normalized spacial score (nSPS) is 11.8. The van der Waals surface area contributed by atoms with Crippen molar-refractivity contribution in [3.63, 3.8) is 0 Å². The van der Waals surface area contributed by atoms with Gasteiger partial charge in [0.25, 0.3) is 0 Å². The third-order valence-corrected chi connectivity index (χ3v) is 13.2. The average molecular weight is 754 g/mol. The Bertz CT molecular complexity index is 3540. The zero-order valence-corrected chi connectivity index (χ0v) is 32.4. The summed E-state index contributed by atoms with van der Waals surface area (Å²) in [4.78, 5) is 0. The SMILES string of the molecule is c1ccc(-c2cc(-c3ccccc3)c3sc4c(-c5ccc6c7ccccc7n(-c7cc8ccccc8c8ccccc78)c6c5)cc(-c5ccccc5)cc4c3c2)cc1. The zero-order valence-electron chi connectivity index (χ0n) is 31.6. The molecule has 0 radical (unpaired) electrons. The van der Waals surface area contributed by atoms with Crippen LogP contribution in [0.1, 0.15) is 0 Å². The average Bonchev–Trinajstić information content (AvgIpc) is 3.84. The lowest BCUT2D eigenvalue weighted by atomic mass is 9.93. The van der Waals surface area contributed by atoms with Crippen molar-refractivity contribution in [3.05, 3.63) is 212 Å². The van der Waals surface area contributed by atoms with Gasteiger partial charge in [-0.05, 0) is 92.0 Å². The van der Waals surface area contributed by atoms with Gasteiger partial charge in [-0.1, -0.05) is 170 Å². The maximum Gasteiger partial charge on any atom is 0.0547 e. The van der Waals surface area contributed by atoms with Gasteiger partial charge in [-0.3, -0.25) is 0 Å². The summed E-state index contributed by atoms with van der Waals surface area (Å²) in [6, 6.07) is 78.2. The van der Waals surface area contributed by atoms with Gasteiger partial charge >= 0.3 is 0 Å². The second-order valence-electron chi connectivity index (χ2n) is 15.2. The predicted molar refractivity (Wildman–Crippen MR) is 250 cm³/mol. The summed E-state index contributed by atoms with van der Waals surface area (Å²) in [5.74, 6) is 0. The second-order valence-corrected chi connectivity index (χ2v) is 16.3. The molecule has 0 aliphatic carbocycles. The Labute approximate surface area is 340 Å². The zero-order chi connectivity index (χ0) is 38.2. The predicted octanol–water partition coefficient (Wildman–Crippen LogP) is 16.1. The molecular weight excluding hydrogens is 719 g/mol. The minimum atomic E-state index is 1.20. The highest BCUT2D eigenvalue weighted by molar-refractivity contribution is 7.27. The molecular formula is C56H35NS. The minimum absolute atomic E-state index is 1.20. The fraction of sp³-hybridized carbons (Fsp3) is 0. The van der Waals surface area contributed by atoms with Crippen LogP contribution in [-0.4, -0.2) is 4.57 Å². The van der Waals surface area contributed by atoms with Crippen molar-refractivity contribution in [1.29, 1.82) is 0 Å². The Morgan fingerprint density at radius 1 is 0.276 bits per heavy atom. The molecule has 2 aromatic heterocycles. The van der Waals surface area contributed by atoms with E-state index in [1.54, 1.807) is 0 Å². The van der Waals surface area contributed by atoms with Gasteiger partial charge in [-0.25, -0.2) is 0 Å². The summed E-state index contributed by atoms with van der Waals surface area (Å²) >= 11 is 1.92. The van der Waals surface area contributed by atoms with Crippen molar-refractivity contribution in [3.8, 4) is 50.2 Å². The van der Waals surface area contributed by atoms with Crippen molar-refractivity contribution in [2.45, 2.75) is 0 Å². The first kappa shape index (κ1) is 32.9. The lowest BCUT2D eigenvalue weighted by Gasteiger charge is -2.15. The van der Waals surface area contributed by atoms with E-state index in [9.17, 15) is 0 Å². The monoisotopic (exact) mass is 753 g/mol. The molecule has 2 heterocycles. The molecule has 0 saturated carbocycles. The number of hydrogen-bond donors (Lipinski definition) is 0. The lowest BCUT2D eigenvalue weighted by Crippen LogP contribution is -1.96. The van der Waals surface area contributed by atoms with Crippen molar-refractivity contribution in [2.75, 3.05) is 0 Å². The van der Waals surface area contributed by atoms with Crippen LogP contribution in [0.2, 0.25) is 0 Å². The van der Waals surface area contributed by atoms with Crippen LogP contribution >= 0.6 is 11.3 Å². The molecule has 0 amide bonds. The maximum absolute atomic E-state index is 2.51. The van der Waals surface area contributed by atoms with Gasteiger partial charge in [-0.15, -0.1) is 11.3 Å². The minimum Gasteiger partial charge on any atom is -0.309 e. The van der Waals surface area contributed by atoms with Gasteiger partial charge in [0.2, 0.25) is 0 Å². The molecule has 2 heteroatoms. The van der Waals surface area contributed by atoms with Crippen LogP contribution in [0.5, 0.6) is 0 Å². The first-order valence-electron chi connectivity index (χ1n) is 19.9. The molecule has 0 aliphatic heterocycles. The molecule has 10 aromatic carbocycles. The van der Waals surface area contributed by atoms with Gasteiger partial charge in [0.15, 0.2) is 0 Å². The molecule has 12 aromatic rings. The largest absolute Gasteiger partial charge is 0.309 e. The van der Waals surface area contributed by atoms with Crippen LogP contribution in [0, 0.1) is 0 Å². The highest BCUT2D eigenvalue weighted by atomic mass is 32.1. The molecule has 0 aliphatic rings. The van der Waals surface area contributed by atoms with Crippen LogP contribution in [0.3, 0.4) is 0 Å². The van der Waals surface area contributed by atoms with E-state index in [-0.39, 0.29) is 0 Å². The molecule has 270 valence electrons. The molecule has 1 nitrogen and oxygen atoms in total. The number of rotatable bonds is 5. The lowest BCUT2D eigenvalue weighted by molar-refractivity contribution is 1.20. The highest BCUT2D eigenvalue weighted by Crippen LogP contribution is 2.48. The molecule has 0 bridgehead atoms. The van der Waals surface area contributed by atoms with E-state index in [0.29, 0.717) is 0 Å². The highest BCUT2D eigenvalue weighted by Gasteiger charge is 2.21. The van der Waals surface area contributed by atoms with Gasteiger partial charge in [0, 0.05) is 47.5 Å². The number of fused-ring (bicyclic) bond motifs is 9. The number of para-hydroxylation sites is 1. The van der Waals surface area contributed by atoms with Crippen molar-refractivity contribution >= 4 is 74.9 Å². The summed E-state index contributed by atoms with van der Waals surface area (Å²) < 4.78 is 5.12. The number of benzene rings is 10. The van der Waals surface area contributed by atoms with Crippen molar-refractivity contribution in [1.82, 2.24) is 4.57 Å². The first-order chi connectivity index (χ1) is 28.8.